The van der Waals surface area contributed by atoms with Crippen molar-refractivity contribution in [1.82, 2.24) is 0 Å². The van der Waals surface area contributed by atoms with Crippen molar-refractivity contribution in [3.8, 4) is 0 Å². The van der Waals surface area contributed by atoms with Gasteiger partial charge in [0.1, 0.15) is 6.29 Å². The van der Waals surface area contributed by atoms with Crippen LogP contribution in [0.1, 0.15) is 26.3 Å². The molecule has 0 N–H and O–H groups in total. The Morgan fingerprint density at radius 2 is 1.74 bits per heavy atom. The lowest BCUT2D eigenvalue weighted by Gasteiger charge is -2.36. The lowest BCUT2D eigenvalue weighted by atomic mass is 9.99. The van der Waals surface area contributed by atoms with Gasteiger partial charge in [-0.25, -0.2) is 0 Å². The zero-order valence-electron chi connectivity index (χ0n) is 14.9. The van der Waals surface area contributed by atoms with Crippen LogP contribution in [0.15, 0.2) is 42.5 Å². The molecular formula is C20H28O2Si. The van der Waals surface area contributed by atoms with Crippen LogP contribution in [-0.2, 0) is 15.6 Å². The van der Waals surface area contributed by atoms with Crippen LogP contribution in [0, 0.1) is 5.92 Å². The fourth-order valence-electron chi connectivity index (χ4n) is 2.35. The van der Waals surface area contributed by atoms with Gasteiger partial charge in [0.05, 0.1) is 0 Å². The number of hydrogen-bond acceptors (Lipinski definition) is 2. The van der Waals surface area contributed by atoms with E-state index in [4.69, 9.17) is 4.43 Å². The number of carbonyl (C=O) groups is 1. The van der Waals surface area contributed by atoms with E-state index in [1.165, 1.54) is 16.3 Å². The number of fused-ring (bicyclic) bond motifs is 1. The van der Waals surface area contributed by atoms with Crippen molar-refractivity contribution in [3.63, 3.8) is 0 Å². The highest BCUT2D eigenvalue weighted by Crippen LogP contribution is 2.36. The minimum Gasteiger partial charge on any atom is -0.416 e. The fourth-order valence-corrected chi connectivity index (χ4v) is 3.41. The highest BCUT2D eigenvalue weighted by Gasteiger charge is 2.37. The number of benzene rings is 2. The SMILES string of the molecule is CC(C)(C)[Si](C)(C)OCC(C=O)Cc1ccc2ccccc2c1. The summed E-state index contributed by atoms with van der Waals surface area (Å²) in [6.45, 7) is 11.6. The van der Waals surface area contributed by atoms with Crippen molar-refractivity contribution in [2.75, 3.05) is 6.61 Å². The summed E-state index contributed by atoms with van der Waals surface area (Å²) in [4.78, 5) is 11.5. The standard InChI is InChI=1S/C20H28O2Si/c1-20(2,3)23(4,5)22-15-17(14-21)12-16-10-11-18-8-6-7-9-19(18)13-16/h6-11,13-14,17H,12,15H2,1-5H3. The van der Waals surface area contributed by atoms with E-state index < -0.39 is 8.32 Å². The molecule has 0 aliphatic rings. The molecule has 3 heteroatoms. The Morgan fingerprint density at radius 1 is 1.09 bits per heavy atom. The summed E-state index contributed by atoms with van der Waals surface area (Å²) in [5, 5.41) is 2.63. The van der Waals surface area contributed by atoms with Crippen molar-refractivity contribution in [2.45, 2.75) is 45.3 Å². The van der Waals surface area contributed by atoms with E-state index in [1.54, 1.807) is 0 Å². The second-order valence-corrected chi connectivity index (χ2v) is 12.7. The van der Waals surface area contributed by atoms with E-state index >= 15 is 0 Å². The van der Waals surface area contributed by atoms with Gasteiger partial charge in [0, 0.05) is 12.5 Å². The van der Waals surface area contributed by atoms with Gasteiger partial charge in [0.25, 0.3) is 0 Å². The molecule has 0 fully saturated rings. The Hall–Kier alpha value is -1.45. The van der Waals surface area contributed by atoms with Crippen molar-refractivity contribution in [1.29, 1.82) is 0 Å². The first-order chi connectivity index (χ1) is 10.7. The van der Waals surface area contributed by atoms with Gasteiger partial charge in [-0.05, 0) is 40.9 Å². The molecule has 2 aromatic carbocycles. The zero-order valence-corrected chi connectivity index (χ0v) is 15.9. The molecule has 1 atom stereocenters. The number of hydrogen-bond donors (Lipinski definition) is 0. The fraction of sp³-hybridized carbons (Fsp3) is 0.450. The third-order valence-corrected chi connectivity index (χ3v) is 9.47. The van der Waals surface area contributed by atoms with Crippen LogP contribution in [0.4, 0.5) is 0 Å². The summed E-state index contributed by atoms with van der Waals surface area (Å²) in [6, 6.07) is 14.7. The van der Waals surface area contributed by atoms with Gasteiger partial charge in [-0.3, -0.25) is 0 Å². The smallest absolute Gasteiger partial charge is 0.192 e. The largest absolute Gasteiger partial charge is 0.416 e. The summed E-state index contributed by atoms with van der Waals surface area (Å²) < 4.78 is 6.21. The molecule has 0 amide bonds. The third kappa shape index (κ3) is 4.52. The predicted molar refractivity (Wildman–Crippen MR) is 100 cm³/mol. The summed E-state index contributed by atoms with van der Waals surface area (Å²) >= 11 is 0. The minimum absolute atomic E-state index is 0.0784. The normalized spacial score (nSPS) is 14.0. The summed E-state index contributed by atoms with van der Waals surface area (Å²) in [5.41, 5.74) is 1.19. The number of aldehydes is 1. The van der Waals surface area contributed by atoms with Crippen LogP contribution in [0.25, 0.3) is 10.8 Å². The van der Waals surface area contributed by atoms with Crippen molar-refractivity contribution in [3.05, 3.63) is 48.0 Å². The number of rotatable bonds is 6. The van der Waals surface area contributed by atoms with E-state index in [0.29, 0.717) is 6.61 Å². The molecular weight excluding hydrogens is 300 g/mol. The molecule has 0 heterocycles. The van der Waals surface area contributed by atoms with E-state index in [0.717, 1.165) is 12.7 Å². The van der Waals surface area contributed by atoms with E-state index in [-0.39, 0.29) is 11.0 Å². The molecule has 2 rings (SSSR count). The third-order valence-electron chi connectivity index (χ3n) is 4.97. The van der Waals surface area contributed by atoms with Gasteiger partial charge in [0.2, 0.25) is 0 Å². The second-order valence-electron chi connectivity index (χ2n) is 7.85. The molecule has 2 aromatic rings. The van der Waals surface area contributed by atoms with E-state index in [9.17, 15) is 4.79 Å². The van der Waals surface area contributed by atoms with Crippen LogP contribution in [-0.4, -0.2) is 21.2 Å². The Labute approximate surface area is 141 Å². The molecule has 0 aliphatic carbocycles. The van der Waals surface area contributed by atoms with Crippen LogP contribution in [0.2, 0.25) is 18.1 Å². The van der Waals surface area contributed by atoms with Crippen molar-refractivity contribution >= 4 is 25.4 Å². The Bertz CT molecular complexity index is 671. The van der Waals surface area contributed by atoms with Gasteiger partial charge in [-0.1, -0.05) is 63.2 Å². The highest BCUT2D eigenvalue weighted by molar-refractivity contribution is 6.74. The molecule has 0 saturated heterocycles. The monoisotopic (exact) mass is 328 g/mol. The molecule has 124 valence electrons. The molecule has 0 bridgehead atoms. The first kappa shape index (κ1) is 17.9. The average molecular weight is 329 g/mol. The minimum atomic E-state index is -1.80. The topological polar surface area (TPSA) is 26.3 Å². The molecule has 23 heavy (non-hydrogen) atoms. The maximum absolute atomic E-state index is 11.5. The zero-order chi connectivity index (χ0) is 17.1. The lowest BCUT2D eigenvalue weighted by molar-refractivity contribution is -0.111. The summed E-state index contributed by atoms with van der Waals surface area (Å²) in [7, 11) is -1.80. The summed E-state index contributed by atoms with van der Waals surface area (Å²) in [6.07, 6.45) is 1.78. The summed E-state index contributed by atoms with van der Waals surface area (Å²) in [5.74, 6) is -0.0784. The quantitative estimate of drug-likeness (QED) is 0.537. The van der Waals surface area contributed by atoms with Gasteiger partial charge in [0.15, 0.2) is 8.32 Å². The van der Waals surface area contributed by atoms with Crippen LogP contribution < -0.4 is 0 Å². The Balaban J connectivity index is 2.05. The first-order valence-electron chi connectivity index (χ1n) is 8.30. The van der Waals surface area contributed by atoms with Gasteiger partial charge < -0.3 is 9.22 Å². The second kappa shape index (κ2) is 6.98. The lowest BCUT2D eigenvalue weighted by Crippen LogP contribution is -2.42. The average Bonchev–Trinajstić information content (AvgIpc) is 2.50. The number of carbonyl (C=O) groups excluding carboxylic acids is 1. The molecule has 0 saturated carbocycles. The van der Waals surface area contributed by atoms with Crippen LogP contribution in [0.5, 0.6) is 0 Å². The molecule has 0 radical (unpaired) electrons. The van der Waals surface area contributed by atoms with E-state index in [2.05, 4.69) is 64.2 Å². The maximum Gasteiger partial charge on any atom is 0.192 e. The Kier molecular flexibility index (Phi) is 5.43. The predicted octanol–water partition coefficient (Wildman–Crippen LogP) is 5.22. The van der Waals surface area contributed by atoms with Crippen molar-refractivity contribution < 1.29 is 9.22 Å². The van der Waals surface area contributed by atoms with Crippen LogP contribution in [0.3, 0.4) is 0 Å². The van der Waals surface area contributed by atoms with Crippen molar-refractivity contribution in [2.24, 2.45) is 5.92 Å². The van der Waals surface area contributed by atoms with E-state index in [1.807, 2.05) is 12.1 Å². The van der Waals surface area contributed by atoms with Gasteiger partial charge in [-0.15, -0.1) is 0 Å². The van der Waals surface area contributed by atoms with Gasteiger partial charge in [-0.2, -0.15) is 0 Å². The highest BCUT2D eigenvalue weighted by atomic mass is 28.4. The Morgan fingerprint density at radius 3 is 2.35 bits per heavy atom. The molecule has 0 aromatic heterocycles. The van der Waals surface area contributed by atoms with Gasteiger partial charge >= 0.3 is 0 Å². The first-order valence-corrected chi connectivity index (χ1v) is 11.2. The maximum atomic E-state index is 11.5. The molecule has 1 unspecified atom stereocenters. The van der Waals surface area contributed by atoms with Crippen LogP contribution >= 0.6 is 0 Å². The molecule has 2 nitrogen and oxygen atoms in total. The molecule has 0 aliphatic heterocycles. The molecule has 0 spiro atoms.